The van der Waals surface area contributed by atoms with E-state index >= 15 is 0 Å². The van der Waals surface area contributed by atoms with Crippen molar-refractivity contribution in [1.82, 2.24) is 5.32 Å². The molecule has 0 saturated carbocycles. The second-order valence-corrected chi connectivity index (χ2v) is 5.19. The first-order valence-electron chi connectivity index (χ1n) is 5.93. The van der Waals surface area contributed by atoms with E-state index in [0.717, 1.165) is 23.4 Å². The SMILES string of the molecule is CNCc1cc(C)c(OCC(C)(C)O)c(C)c1. The van der Waals surface area contributed by atoms with Gasteiger partial charge in [-0.25, -0.2) is 0 Å². The van der Waals surface area contributed by atoms with Crippen molar-refractivity contribution in [2.75, 3.05) is 13.7 Å². The summed E-state index contributed by atoms with van der Waals surface area (Å²) in [5.74, 6) is 0.881. The Morgan fingerprint density at radius 3 is 2.18 bits per heavy atom. The van der Waals surface area contributed by atoms with Crippen molar-refractivity contribution in [3.63, 3.8) is 0 Å². The Labute approximate surface area is 104 Å². The number of benzene rings is 1. The average molecular weight is 237 g/mol. The molecule has 96 valence electrons. The second kappa shape index (κ2) is 5.52. The minimum atomic E-state index is -0.803. The van der Waals surface area contributed by atoms with E-state index in [0.29, 0.717) is 6.61 Å². The van der Waals surface area contributed by atoms with Gasteiger partial charge in [-0.3, -0.25) is 0 Å². The van der Waals surface area contributed by atoms with Crippen molar-refractivity contribution < 1.29 is 9.84 Å². The molecule has 0 aromatic heterocycles. The van der Waals surface area contributed by atoms with Crippen LogP contribution in [-0.2, 0) is 6.54 Å². The summed E-state index contributed by atoms with van der Waals surface area (Å²) in [6, 6.07) is 4.23. The van der Waals surface area contributed by atoms with E-state index in [9.17, 15) is 5.11 Å². The predicted octanol–water partition coefficient (Wildman–Crippen LogP) is 2.17. The maximum absolute atomic E-state index is 9.66. The van der Waals surface area contributed by atoms with E-state index in [4.69, 9.17) is 4.74 Å². The summed E-state index contributed by atoms with van der Waals surface area (Å²) in [5.41, 5.74) is 2.67. The molecule has 2 N–H and O–H groups in total. The Morgan fingerprint density at radius 1 is 1.24 bits per heavy atom. The van der Waals surface area contributed by atoms with Gasteiger partial charge < -0.3 is 15.2 Å². The van der Waals surface area contributed by atoms with Gasteiger partial charge in [-0.1, -0.05) is 12.1 Å². The first-order valence-corrected chi connectivity index (χ1v) is 5.93. The molecule has 0 aliphatic rings. The van der Waals surface area contributed by atoms with E-state index in [1.807, 2.05) is 20.9 Å². The van der Waals surface area contributed by atoms with Crippen molar-refractivity contribution in [1.29, 1.82) is 0 Å². The second-order valence-electron chi connectivity index (χ2n) is 5.19. The van der Waals surface area contributed by atoms with Crippen molar-refractivity contribution in [2.45, 2.75) is 39.8 Å². The van der Waals surface area contributed by atoms with Gasteiger partial charge in [-0.2, -0.15) is 0 Å². The Hall–Kier alpha value is -1.06. The van der Waals surface area contributed by atoms with Gasteiger partial charge in [0.2, 0.25) is 0 Å². The molecule has 0 unspecified atom stereocenters. The molecular formula is C14H23NO2. The molecule has 17 heavy (non-hydrogen) atoms. The lowest BCUT2D eigenvalue weighted by Crippen LogP contribution is -2.28. The topological polar surface area (TPSA) is 41.5 Å². The van der Waals surface area contributed by atoms with Gasteiger partial charge in [0.25, 0.3) is 0 Å². The predicted molar refractivity (Wildman–Crippen MR) is 70.5 cm³/mol. The molecule has 1 aromatic rings. The van der Waals surface area contributed by atoms with Gasteiger partial charge >= 0.3 is 0 Å². The normalized spacial score (nSPS) is 11.6. The highest BCUT2D eigenvalue weighted by atomic mass is 16.5. The zero-order valence-corrected chi connectivity index (χ0v) is 11.4. The van der Waals surface area contributed by atoms with Crippen LogP contribution in [0.25, 0.3) is 0 Å². The van der Waals surface area contributed by atoms with E-state index < -0.39 is 5.60 Å². The van der Waals surface area contributed by atoms with E-state index in [1.54, 1.807) is 13.8 Å². The average Bonchev–Trinajstić information content (AvgIpc) is 2.14. The molecule has 0 radical (unpaired) electrons. The largest absolute Gasteiger partial charge is 0.490 e. The lowest BCUT2D eigenvalue weighted by Gasteiger charge is -2.20. The van der Waals surface area contributed by atoms with E-state index in [-0.39, 0.29) is 0 Å². The van der Waals surface area contributed by atoms with E-state index in [1.165, 1.54) is 5.56 Å². The van der Waals surface area contributed by atoms with Crippen LogP contribution in [0.15, 0.2) is 12.1 Å². The molecule has 1 rings (SSSR count). The first kappa shape index (κ1) is 14.0. The highest BCUT2D eigenvalue weighted by Crippen LogP contribution is 2.25. The quantitative estimate of drug-likeness (QED) is 0.824. The third kappa shape index (κ3) is 4.36. The highest BCUT2D eigenvalue weighted by Gasteiger charge is 2.15. The lowest BCUT2D eigenvalue weighted by atomic mass is 10.1. The lowest BCUT2D eigenvalue weighted by molar-refractivity contribution is 0.0280. The van der Waals surface area contributed by atoms with E-state index in [2.05, 4.69) is 17.4 Å². The minimum Gasteiger partial charge on any atom is -0.490 e. The number of aryl methyl sites for hydroxylation is 2. The van der Waals surface area contributed by atoms with Crippen LogP contribution in [0.4, 0.5) is 0 Å². The van der Waals surface area contributed by atoms with Gasteiger partial charge in [-0.05, 0) is 51.4 Å². The summed E-state index contributed by atoms with van der Waals surface area (Å²) in [6.45, 7) is 8.71. The molecule has 0 atom stereocenters. The monoisotopic (exact) mass is 237 g/mol. The molecule has 0 spiro atoms. The zero-order chi connectivity index (χ0) is 13.1. The van der Waals surface area contributed by atoms with Crippen LogP contribution >= 0.6 is 0 Å². The number of aliphatic hydroxyl groups is 1. The molecule has 0 aliphatic carbocycles. The van der Waals surface area contributed by atoms with Crippen molar-refractivity contribution >= 4 is 0 Å². The fraction of sp³-hybridized carbons (Fsp3) is 0.571. The fourth-order valence-electron chi connectivity index (χ4n) is 1.82. The summed E-state index contributed by atoms with van der Waals surface area (Å²) >= 11 is 0. The van der Waals surface area contributed by atoms with Crippen molar-refractivity contribution in [2.24, 2.45) is 0 Å². The number of hydrogen-bond acceptors (Lipinski definition) is 3. The summed E-state index contributed by atoms with van der Waals surface area (Å²) in [7, 11) is 1.93. The van der Waals surface area contributed by atoms with Gasteiger partial charge in [0.05, 0.1) is 5.60 Å². The van der Waals surface area contributed by atoms with Crippen LogP contribution < -0.4 is 10.1 Å². The molecule has 3 nitrogen and oxygen atoms in total. The van der Waals surface area contributed by atoms with Crippen LogP contribution in [0.3, 0.4) is 0 Å². The molecule has 0 aliphatic heterocycles. The minimum absolute atomic E-state index is 0.306. The van der Waals surface area contributed by atoms with Gasteiger partial charge in [0.15, 0.2) is 0 Å². The molecule has 0 bridgehead atoms. The van der Waals surface area contributed by atoms with Gasteiger partial charge in [0.1, 0.15) is 12.4 Å². The third-order valence-electron chi connectivity index (χ3n) is 2.47. The molecule has 0 saturated heterocycles. The van der Waals surface area contributed by atoms with Crippen molar-refractivity contribution in [3.05, 3.63) is 28.8 Å². The number of rotatable bonds is 5. The summed E-state index contributed by atoms with van der Waals surface area (Å²) < 4.78 is 5.69. The van der Waals surface area contributed by atoms with Crippen LogP contribution in [0, 0.1) is 13.8 Å². The summed E-state index contributed by atoms with van der Waals surface area (Å²) in [5, 5.41) is 12.8. The van der Waals surface area contributed by atoms with Crippen LogP contribution in [0.1, 0.15) is 30.5 Å². The molecule has 0 amide bonds. The molecule has 0 heterocycles. The van der Waals surface area contributed by atoms with Crippen molar-refractivity contribution in [3.8, 4) is 5.75 Å². The first-order chi connectivity index (χ1) is 7.83. The summed E-state index contributed by atoms with van der Waals surface area (Å²) in [4.78, 5) is 0. The fourth-order valence-corrected chi connectivity index (χ4v) is 1.82. The molecular weight excluding hydrogens is 214 g/mol. The smallest absolute Gasteiger partial charge is 0.125 e. The Kier molecular flexibility index (Phi) is 4.54. The Morgan fingerprint density at radius 2 is 1.76 bits per heavy atom. The summed E-state index contributed by atoms with van der Waals surface area (Å²) in [6.07, 6.45) is 0. The number of hydrogen-bond donors (Lipinski definition) is 2. The maximum atomic E-state index is 9.66. The maximum Gasteiger partial charge on any atom is 0.125 e. The van der Waals surface area contributed by atoms with Crippen LogP contribution in [0.2, 0.25) is 0 Å². The Bertz CT molecular complexity index is 357. The number of ether oxygens (including phenoxy) is 1. The molecule has 0 fully saturated rings. The zero-order valence-electron chi connectivity index (χ0n) is 11.4. The third-order valence-corrected chi connectivity index (χ3v) is 2.47. The molecule has 3 heteroatoms. The van der Waals surface area contributed by atoms with Gasteiger partial charge in [-0.15, -0.1) is 0 Å². The van der Waals surface area contributed by atoms with Crippen LogP contribution in [-0.4, -0.2) is 24.4 Å². The Balaban J connectivity index is 2.86. The van der Waals surface area contributed by atoms with Crippen LogP contribution in [0.5, 0.6) is 5.75 Å². The number of nitrogens with one attached hydrogen (secondary N) is 1. The standard InChI is InChI=1S/C14H23NO2/c1-10-6-12(8-15-5)7-11(2)13(10)17-9-14(3,4)16/h6-7,15-16H,8-9H2,1-5H3. The highest BCUT2D eigenvalue weighted by molar-refractivity contribution is 5.43. The molecule has 1 aromatic carbocycles. The van der Waals surface area contributed by atoms with Gasteiger partial charge in [0, 0.05) is 6.54 Å².